The minimum Gasteiger partial charge on any atom is -0.467 e. The Morgan fingerprint density at radius 2 is 1.94 bits per heavy atom. The molecule has 0 bridgehead atoms. The van der Waals surface area contributed by atoms with Gasteiger partial charge in [0.25, 0.3) is 5.91 Å². The number of methoxy groups -OCH3 is 1. The van der Waals surface area contributed by atoms with E-state index < -0.39 is 11.5 Å². The number of fused-ring (bicyclic) bond motifs is 1. The molecule has 3 heterocycles. The first-order chi connectivity index (χ1) is 14.8. The number of amides is 1. The molecule has 1 N–H and O–H groups in total. The number of hydrogen-bond acceptors (Lipinski definition) is 6. The third-order valence-electron chi connectivity index (χ3n) is 6.00. The van der Waals surface area contributed by atoms with E-state index in [0.29, 0.717) is 35.1 Å². The number of rotatable bonds is 5. The zero-order valence-electron chi connectivity index (χ0n) is 18.6. The van der Waals surface area contributed by atoms with Crippen LogP contribution >= 0.6 is 0 Å². The van der Waals surface area contributed by atoms with Crippen molar-refractivity contribution in [1.82, 2.24) is 20.1 Å². The van der Waals surface area contributed by atoms with E-state index in [4.69, 9.17) is 14.1 Å². The second-order valence-electron chi connectivity index (χ2n) is 8.54. The lowest BCUT2D eigenvalue weighted by Crippen LogP contribution is -2.53. The molecule has 1 amide bonds. The summed E-state index contributed by atoms with van der Waals surface area (Å²) >= 11 is 0. The van der Waals surface area contributed by atoms with Gasteiger partial charge in [-0.3, -0.25) is 4.79 Å². The molecule has 0 atom stereocenters. The molecule has 3 aromatic heterocycles. The van der Waals surface area contributed by atoms with Crippen molar-refractivity contribution in [2.75, 3.05) is 7.11 Å². The maximum Gasteiger partial charge on any atom is 0.331 e. The first-order valence-electron chi connectivity index (χ1n) is 10.6. The minimum absolute atomic E-state index is 0.0691. The molecule has 0 aliphatic heterocycles. The number of nitrogens with zero attached hydrogens (tertiary/aromatic N) is 3. The predicted molar refractivity (Wildman–Crippen MR) is 116 cm³/mol. The van der Waals surface area contributed by atoms with Crippen LogP contribution < -0.4 is 5.32 Å². The van der Waals surface area contributed by atoms with Gasteiger partial charge in [0.1, 0.15) is 17.1 Å². The van der Waals surface area contributed by atoms with Gasteiger partial charge in [-0.15, -0.1) is 0 Å². The van der Waals surface area contributed by atoms with E-state index in [-0.39, 0.29) is 11.9 Å². The highest BCUT2D eigenvalue weighted by atomic mass is 16.5. The Morgan fingerprint density at radius 1 is 1.23 bits per heavy atom. The summed E-state index contributed by atoms with van der Waals surface area (Å²) in [6.07, 6.45) is 4.53. The van der Waals surface area contributed by atoms with Gasteiger partial charge in [0.2, 0.25) is 0 Å². The van der Waals surface area contributed by atoms with Gasteiger partial charge in [0.05, 0.1) is 30.0 Å². The maximum absolute atomic E-state index is 13.5. The van der Waals surface area contributed by atoms with Crippen LogP contribution in [0.2, 0.25) is 0 Å². The van der Waals surface area contributed by atoms with Crippen LogP contribution in [0.25, 0.3) is 22.3 Å². The molecular formula is C23H28N4O4. The highest BCUT2D eigenvalue weighted by Crippen LogP contribution is 2.33. The number of carbonyl (C=O) groups excluding carboxylic acids is 2. The second kappa shape index (κ2) is 7.83. The number of nitrogens with one attached hydrogen (secondary N) is 1. The molecule has 0 radical (unpaired) electrons. The summed E-state index contributed by atoms with van der Waals surface area (Å²) in [5.41, 5.74) is 1.52. The first kappa shape index (κ1) is 21.1. The first-order valence-corrected chi connectivity index (χ1v) is 10.6. The molecular weight excluding hydrogens is 396 g/mol. The van der Waals surface area contributed by atoms with Gasteiger partial charge in [-0.05, 0) is 52.7 Å². The number of carbonyl (C=O) groups is 2. The third-order valence-corrected chi connectivity index (χ3v) is 6.00. The van der Waals surface area contributed by atoms with E-state index in [1.807, 2.05) is 33.8 Å². The fourth-order valence-corrected chi connectivity index (χ4v) is 4.45. The van der Waals surface area contributed by atoms with Crippen LogP contribution in [0.4, 0.5) is 0 Å². The van der Waals surface area contributed by atoms with Gasteiger partial charge in [-0.1, -0.05) is 12.8 Å². The van der Waals surface area contributed by atoms with Gasteiger partial charge >= 0.3 is 5.97 Å². The van der Waals surface area contributed by atoms with Crippen LogP contribution in [0.3, 0.4) is 0 Å². The zero-order chi connectivity index (χ0) is 22.3. The fraction of sp³-hybridized carbons (Fsp3) is 0.478. The average Bonchev–Trinajstić information content (AvgIpc) is 3.45. The quantitative estimate of drug-likeness (QED) is 0.619. The topological polar surface area (TPSA) is 99.2 Å². The van der Waals surface area contributed by atoms with Crippen LogP contribution in [0.15, 0.2) is 22.7 Å². The molecule has 3 aromatic rings. The number of aromatic nitrogens is 3. The van der Waals surface area contributed by atoms with E-state index >= 15 is 0 Å². The van der Waals surface area contributed by atoms with Crippen molar-refractivity contribution >= 4 is 22.9 Å². The standard InChI is InChI=1S/C23H28N4O4/c1-13(2)27-20-18(12-24-27)17(11-19(25-20)16-10-14(3)31-15(16)4)21(28)26-23(22(29)30-5)8-6-7-9-23/h10-13H,6-9H2,1-5H3,(H,26,28). The molecule has 4 rings (SSSR count). The van der Waals surface area contributed by atoms with Crippen LogP contribution in [-0.2, 0) is 9.53 Å². The summed E-state index contributed by atoms with van der Waals surface area (Å²) in [5.74, 6) is 0.770. The Hall–Kier alpha value is -3.16. The van der Waals surface area contributed by atoms with Gasteiger partial charge in [0, 0.05) is 11.6 Å². The lowest BCUT2D eigenvalue weighted by Gasteiger charge is -2.27. The molecule has 31 heavy (non-hydrogen) atoms. The Kier molecular flexibility index (Phi) is 5.33. The van der Waals surface area contributed by atoms with E-state index in [1.165, 1.54) is 7.11 Å². The van der Waals surface area contributed by atoms with Gasteiger partial charge < -0.3 is 14.5 Å². The number of esters is 1. The Labute approximate surface area is 181 Å². The van der Waals surface area contributed by atoms with E-state index in [2.05, 4.69) is 10.4 Å². The van der Waals surface area contributed by atoms with E-state index in [9.17, 15) is 9.59 Å². The number of furan rings is 1. The number of hydrogen-bond donors (Lipinski definition) is 1. The molecule has 1 aliphatic carbocycles. The predicted octanol–water partition coefficient (Wildman–Crippen LogP) is 4.10. The summed E-state index contributed by atoms with van der Waals surface area (Å²) < 4.78 is 12.5. The smallest absolute Gasteiger partial charge is 0.331 e. The normalized spacial score (nSPS) is 15.5. The van der Waals surface area contributed by atoms with Gasteiger partial charge in [0.15, 0.2) is 5.65 Å². The number of aryl methyl sites for hydroxylation is 2. The van der Waals surface area contributed by atoms with E-state index in [1.54, 1.807) is 16.9 Å². The van der Waals surface area contributed by atoms with Crippen molar-refractivity contribution in [3.63, 3.8) is 0 Å². The van der Waals surface area contributed by atoms with Gasteiger partial charge in [-0.2, -0.15) is 5.10 Å². The molecule has 0 aromatic carbocycles. The molecule has 0 saturated heterocycles. The monoisotopic (exact) mass is 424 g/mol. The van der Waals surface area contributed by atoms with Crippen LogP contribution in [0.1, 0.15) is 67.5 Å². The van der Waals surface area contributed by atoms with Crippen molar-refractivity contribution in [2.24, 2.45) is 0 Å². The molecule has 1 aliphatic rings. The molecule has 1 saturated carbocycles. The lowest BCUT2D eigenvalue weighted by atomic mass is 9.96. The summed E-state index contributed by atoms with van der Waals surface area (Å²) in [7, 11) is 1.36. The van der Waals surface area contributed by atoms with Crippen molar-refractivity contribution < 1.29 is 18.7 Å². The maximum atomic E-state index is 13.5. The highest BCUT2D eigenvalue weighted by Gasteiger charge is 2.44. The number of pyridine rings is 1. The summed E-state index contributed by atoms with van der Waals surface area (Å²) in [5, 5.41) is 8.09. The van der Waals surface area contributed by atoms with Crippen molar-refractivity contribution in [1.29, 1.82) is 0 Å². The molecule has 8 nitrogen and oxygen atoms in total. The SMILES string of the molecule is COC(=O)C1(NC(=O)c2cc(-c3cc(C)oc3C)nc3c2cnn3C(C)C)CCCC1. The van der Waals surface area contributed by atoms with E-state index in [0.717, 1.165) is 29.9 Å². The summed E-state index contributed by atoms with van der Waals surface area (Å²) in [4.78, 5) is 30.8. The van der Waals surface area contributed by atoms with Crippen LogP contribution in [-0.4, -0.2) is 39.3 Å². The molecule has 8 heteroatoms. The van der Waals surface area contributed by atoms with Crippen molar-refractivity contribution in [3.8, 4) is 11.3 Å². The highest BCUT2D eigenvalue weighted by molar-refractivity contribution is 6.08. The van der Waals surface area contributed by atoms with Crippen molar-refractivity contribution in [3.05, 3.63) is 35.4 Å². The molecule has 1 fully saturated rings. The second-order valence-corrected chi connectivity index (χ2v) is 8.54. The third kappa shape index (κ3) is 3.60. The summed E-state index contributed by atoms with van der Waals surface area (Å²) in [6, 6.07) is 3.73. The average molecular weight is 425 g/mol. The van der Waals surface area contributed by atoms with Crippen LogP contribution in [0, 0.1) is 13.8 Å². The molecule has 0 unspecified atom stereocenters. The van der Waals surface area contributed by atoms with Crippen molar-refractivity contribution in [2.45, 2.75) is 65.0 Å². The minimum atomic E-state index is -0.988. The fourth-order valence-electron chi connectivity index (χ4n) is 4.45. The lowest BCUT2D eigenvalue weighted by molar-refractivity contribution is -0.148. The zero-order valence-corrected chi connectivity index (χ0v) is 18.6. The Morgan fingerprint density at radius 3 is 2.52 bits per heavy atom. The Balaban J connectivity index is 1.85. The molecule has 164 valence electrons. The molecule has 0 spiro atoms. The Bertz CT molecular complexity index is 1150. The summed E-state index contributed by atoms with van der Waals surface area (Å²) in [6.45, 7) is 7.77. The van der Waals surface area contributed by atoms with Crippen LogP contribution in [0.5, 0.6) is 0 Å². The number of ether oxygens (including phenoxy) is 1. The largest absolute Gasteiger partial charge is 0.467 e. The van der Waals surface area contributed by atoms with Gasteiger partial charge in [-0.25, -0.2) is 14.5 Å².